The van der Waals surface area contributed by atoms with Gasteiger partial charge in [-0.1, -0.05) is 12.1 Å². The van der Waals surface area contributed by atoms with Crippen molar-refractivity contribution in [3.63, 3.8) is 0 Å². The summed E-state index contributed by atoms with van der Waals surface area (Å²) in [6.07, 6.45) is 2.45. The van der Waals surface area contributed by atoms with Crippen molar-refractivity contribution < 1.29 is 13.9 Å². The molecule has 1 atom stereocenters. The molecule has 162 valence electrons. The van der Waals surface area contributed by atoms with Crippen LogP contribution in [0.25, 0.3) is 0 Å². The number of aromatic nitrogens is 1. The molecule has 1 aromatic heterocycles. The molecule has 0 aliphatic carbocycles. The van der Waals surface area contributed by atoms with Crippen molar-refractivity contribution in [2.24, 2.45) is 10.7 Å². The summed E-state index contributed by atoms with van der Waals surface area (Å²) < 4.78 is 19.3. The number of rotatable bonds is 7. The number of anilines is 1. The zero-order valence-corrected chi connectivity index (χ0v) is 19.0. The van der Waals surface area contributed by atoms with Gasteiger partial charge in [0.15, 0.2) is 24.2 Å². The highest BCUT2D eigenvalue weighted by atomic mass is 127. The summed E-state index contributed by atoms with van der Waals surface area (Å²) in [5, 5.41) is 6.62. The quantitative estimate of drug-likeness (QED) is 0.287. The van der Waals surface area contributed by atoms with E-state index < -0.39 is 5.91 Å². The average Bonchev–Trinajstić information content (AvgIpc) is 3.18. The van der Waals surface area contributed by atoms with Gasteiger partial charge in [0, 0.05) is 38.9 Å². The van der Waals surface area contributed by atoms with Crippen LogP contribution in [0.3, 0.4) is 0 Å². The lowest BCUT2D eigenvalue weighted by molar-refractivity contribution is -0.119. The van der Waals surface area contributed by atoms with E-state index in [9.17, 15) is 9.18 Å². The summed E-state index contributed by atoms with van der Waals surface area (Å²) >= 11 is 0. The van der Waals surface area contributed by atoms with E-state index in [0.29, 0.717) is 30.6 Å². The van der Waals surface area contributed by atoms with Gasteiger partial charge >= 0.3 is 0 Å². The average molecular weight is 528 g/mol. The minimum Gasteiger partial charge on any atom is -0.484 e. The van der Waals surface area contributed by atoms with Crippen LogP contribution < -0.4 is 26.0 Å². The van der Waals surface area contributed by atoms with Crippen molar-refractivity contribution in [2.45, 2.75) is 19.0 Å². The number of nitrogens with zero attached hydrogens (tertiary/aromatic N) is 3. The molecular formula is C20H26FIN6O2. The second-order valence-electron chi connectivity index (χ2n) is 6.71. The molecule has 30 heavy (non-hydrogen) atoms. The van der Waals surface area contributed by atoms with E-state index in [1.54, 1.807) is 25.4 Å². The van der Waals surface area contributed by atoms with Crippen molar-refractivity contribution in [3.8, 4) is 5.75 Å². The van der Waals surface area contributed by atoms with Gasteiger partial charge in [0.2, 0.25) is 0 Å². The number of hydrogen-bond acceptors (Lipinski definition) is 5. The van der Waals surface area contributed by atoms with Gasteiger partial charge < -0.3 is 26.0 Å². The number of amides is 1. The van der Waals surface area contributed by atoms with Crippen LogP contribution in [0, 0.1) is 5.82 Å². The van der Waals surface area contributed by atoms with E-state index in [2.05, 4.69) is 20.6 Å². The first-order valence-electron chi connectivity index (χ1n) is 9.38. The van der Waals surface area contributed by atoms with Crippen LogP contribution in [0.15, 0.2) is 47.6 Å². The van der Waals surface area contributed by atoms with Crippen LogP contribution >= 0.6 is 24.0 Å². The minimum atomic E-state index is -0.519. The van der Waals surface area contributed by atoms with E-state index in [4.69, 9.17) is 10.5 Å². The van der Waals surface area contributed by atoms with E-state index in [0.717, 1.165) is 18.5 Å². The standard InChI is InChI=1S/C20H25FN6O2.HI/c1-23-20(25-11-14-4-2-5-16(10-14)29-13-18(22)28)26-15-7-9-27(12-15)19-17(21)6-3-8-24-19;/h2-6,8,10,15H,7,9,11-13H2,1H3,(H2,22,28)(H2,23,25,26);1H. The van der Waals surface area contributed by atoms with Gasteiger partial charge in [-0.25, -0.2) is 9.37 Å². The number of aliphatic imine (C=N–C) groups is 1. The Kier molecular flexibility index (Phi) is 9.09. The highest BCUT2D eigenvalue weighted by Gasteiger charge is 2.25. The first kappa shape index (κ1) is 23.6. The molecule has 1 fully saturated rings. The third kappa shape index (κ3) is 6.71. The molecular weight excluding hydrogens is 502 g/mol. The van der Waals surface area contributed by atoms with Gasteiger partial charge in [-0.15, -0.1) is 24.0 Å². The highest BCUT2D eigenvalue weighted by Crippen LogP contribution is 2.20. The van der Waals surface area contributed by atoms with Crippen molar-refractivity contribution >= 4 is 41.7 Å². The Morgan fingerprint density at radius 3 is 2.97 bits per heavy atom. The zero-order valence-electron chi connectivity index (χ0n) is 16.7. The predicted molar refractivity (Wildman–Crippen MR) is 125 cm³/mol. The van der Waals surface area contributed by atoms with Gasteiger partial charge in [-0.05, 0) is 36.2 Å². The first-order chi connectivity index (χ1) is 14.0. The number of hydrogen-bond donors (Lipinski definition) is 3. The lowest BCUT2D eigenvalue weighted by atomic mass is 10.2. The fourth-order valence-electron chi connectivity index (χ4n) is 3.15. The fourth-order valence-corrected chi connectivity index (χ4v) is 3.15. The summed E-state index contributed by atoms with van der Waals surface area (Å²) in [7, 11) is 1.70. The third-order valence-corrected chi connectivity index (χ3v) is 4.53. The van der Waals surface area contributed by atoms with E-state index >= 15 is 0 Å². The van der Waals surface area contributed by atoms with Gasteiger partial charge in [-0.3, -0.25) is 9.79 Å². The summed E-state index contributed by atoms with van der Waals surface area (Å²) in [6.45, 7) is 1.74. The number of guanidine groups is 1. The number of nitrogens with two attached hydrogens (primary N) is 1. The Hall–Kier alpha value is -2.63. The van der Waals surface area contributed by atoms with Crippen molar-refractivity contribution in [3.05, 3.63) is 54.0 Å². The maximum absolute atomic E-state index is 13.9. The molecule has 1 unspecified atom stereocenters. The SMILES string of the molecule is CN=C(NCc1cccc(OCC(N)=O)c1)NC1CCN(c2ncccc2F)C1.I. The van der Waals surface area contributed by atoms with Crippen LogP contribution in [0.2, 0.25) is 0 Å². The molecule has 1 aliphatic rings. The molecule has 0 radical (unpaired) electrons. The van der Waals surface area contributed by atoms with E-state index in [1.807, 2.05) is 23.1 Å². The third-order valence-electron chi connectivity index (χ3n) is 4.53. The number of primary amides is 1. The largest absolute Gasteiger partial charge is 0.484 e. The second-order valence-corrected chi connectivity index (χ2v) is 6.71. The zero-order chi connectivity index (χ0) is 20.6. The first-order valence-corrected chi connectivity index (χ1v) is 9.38. The van der Waals surface area contributed by atoms with Crippen molar-refractivity contribution in [1.82, 2.24) is 15.6 Å². The summed E-state index contributed by atoms with van der Waals surface area (Å²) in [4.78, 5) is 21.2. The predicted octanol–water partition coefficient (Wildman–Crippen LogP) is 1.65. The van der Waals surface area contributed by atoms with E-state index in [-0.39, 0.29) is 42.4 Å². The lowest BCUT2D eigenvalue weighted by Crippen LogP contribution is -2.44. The number of halogens is 2. The molecule has 1 saturated heterocycles. The number of carbonyl (C=O) groups excluding carboxylic acids is 1. The monoisotopic (exact) mass is 528 g/mol. The van der Waals surface area contributed by atoms with E-state index in [1.165, 1.54) is 6.07 Å². The van der Waals surface area contributed by atoms with Crippen LogP contribution in [-0.2, 0) is 11.3 Å². The molecule has 8 nitrogen and oxygen atoms in total. The molecule has 3 rings (SSSR count). The number of carbonyl (C=O) groups is 1. The minimum absolute atomic E-state index is 0. The normalized spacial score (nSPS) is 16.0. The second kappa shape index (κ2) is 11.5. The Morgan fingerprint density at radius 2 is 2.23 bits per heavy atom. The number of ether oxygens (including phenoxy) is 1. The summed E-state index contributed by atoms with van der Waals surface area (Å²) in [6, 6.07) is 10.5. The maximum Gasteiger partial charge on any atom is 0.255 e. The molecule has 0 saturated carbocycles. The maximum atomic E-state index is 13.9. The Labute approximate surface area is 192 Å². The van der Waals surface area contributed by atoms with Crippen LogP contribution in [-0.4, -0.2) is 49.6 Å². The Balaban J connectivity index is 0.00000320. The number of pyridine rings is 1. The highest BCUT2D eigenvalue weighted by molar-refractivity contribution is 14.0. The van der Waals surface area contributed by atoms with Gasteiger partial charge in [-0.2, -0.15) is 0 Å². The smallest absolute Gasteiger partial charge is 0.255 e. The van der Waals surface area contributed by atoms with Gasteiger partial charge in [0.25, 0.3) is 5.91 Å². The molecule has 2 aromatic rings. The number of nitrogens with one attached hydrogen (secondary N) is 2. The molecule has 2 heterocycles. The Morgan fingerprint density at radius 1 is 1.40 bits per heavy atom. The van der Waals surface area contributed by atoms with Crippen LogP contribution in [0.4, 0.5) is 10.2 Å². The van der Waals surface area contributed by atoms with Crippen LogP contribution in [0.5, 0.6) is 5.75 Å². The molecule has 10 heteroatoms. The fraction of sp³-hybridized carbons (Fsp3) is 0.350. The molecule has 1 aromatic carbocycles. The van der Waals surface area contributed by atoms with Crippen molar-refractivity contribution in [1.29, 1.82) is 0 Å². The van der Waals surface area contributed by atoms with Crippen molar-refractivity contribution in [2.75, 3.05) is 31.6 Å². The molecule has 0 bridgehead atoms. The van der Waals surface area contributed by atoms with Gasteiger partial charge in [0.1, 0.15) is 5.75 Å². The lowest BCUT2D eigenvalue weighted by Gasteiger charge is -2.20. The summed E-state index contributed by atoms with van der Waals surface area (Å²) in [5.74, 6) is 0.785. The molecule has 4 N–H and O–H groups in total. The summed E-state index contributed by atoms with van der Waals surface area (Å²) in [5.41, 5.74) is 6.07. The molecule has 1 aliphatic heterocycles. The Bertz CT molecular complexity index is 882. The van der Waals surface area contributed by atoms with Gasteiger partial charge in [0.05, 0.1) is 0 Å². The number of benzene rings is 1. The van der Waals surface area contributed by atoms with Crippen LogP contribution in [0.1, 0.15) is 12.0 Å². The topological polar surface area (TPSA) is 105 Å². The molecule has 0 spiro atoms. The molecule has 1 amide bonds.